The van der Waals surface area contributed by atoms with E-state index >= 15 is 0 Å². The van der Waals surface area contributed by atoms with Gasteiger partial charge in [-0.3, -0.25) is 9.78 Å². The van der Waals surface area contributed by atoms with Crippen LogP contribution in [0.3, 0.4) is 0 Å². The average molecular weight is 303 g/mol. The lowest BCUT2D eigenvalue weighted by molar-refractivity contribution is 0.0742. The predicted octanol–water partition coefficient (Wildman–Crippen LogP) is 2.32. The van der Waals surface area contributed by atoms with Gasteiger partial charge in [-0.05, 0) is 24.3 Å². The molecule has 0 radical (unpaired) electrons. The highest BCUT2D eigenvalue weighted by Gasteiger charge is 2.24. The molecule has 4 nitrogen and oxygen atoms in total. The van der Waals surface area contributed by atoms with E-state index in [-0.39, 0.29) is 5.56 Å². The van der Waals surface area contributed by atoms with Crippen LogP contribution in [0.15, 0.2) is 42.7 Å². The second-order valence-electron chi connectivity index (χ2n) is 5.11. The lowest BCUT2D eigenvalue weighted by atomic mass is 10.1. The van der Waals surface area contributed by atoms with E-state index < -0.39 is 17.5 Å². The van der Waals surface area contributed by atoms with Gasteiger partial charge in [-0.1, -0.05) is 0 Å². The summed E-state index contributed by atoms with van der Waals surface area (Å²) in [6.07, 6.45) is 3.45. The monoisotopic (exact) mass is 303 g/mol. The Bertz CT molecular complexity index is 670. The normalized spacial score (nSPS) is 15.0. The Balaban J connectivity index is 1.67. The van der Waals surface area contributed by atoms with Crippen molar-refractivity contribution in [1.29, 1.82) is 0 Å². The molecule has 114 valence electrons. The number of hydrogen-bond acceptors (Lipinski definition) is 3. The summed E-state index contributed by atoms with van der Waals surface area (Å²) in [5.41, 5.74) is 0.967. The number of nitrogens with zero attached hydrogens (tertiary/aromatic N) is 3. The van der Waals surface area contributed by atoms with E-state index in [2.05, 4.69) is 9.88 Å². The third-order valence-electron chi connectivity index (χ3n) is 3.76. The molecule has 1 fully saturated rings. The molecule has 2 heterocycles. The van der Waals surface area contributed by atoms with Crippen molar-refractivity contribution in [1.82, 2.24) is 9.88 Å². The van der Waals surface area contributed by atoms with Gasteiger partial charge >= 0.3 is 0 Å². The third kappa shape index (κ3) is 2.90. The molecule has 0 unspecified atom stereocenters. The van der Waals surface area contributed by atoms with Crippen LogP contribution in [-0.4, -0.2) is 42.0 Å². The van der Waals surface area contributed by atoms with E-state index in [9.17, 15) is 13.6 Å². The van der Waals surface area contributed by atoms with E-state index in [4.69, 9.17) is 0 Å². The van der Waals surface area contributed by atoms with Crippen molar-refractivity contribution in [2.45, 2.75) is 0 Å². The number of halogens is 2. The van der Waals surface area contributed by atoms with Crippen molar-refractivity contribution in [3.05, 3.63) is 59.9 Å². The Hall–Kier alpha value is -2.50. The van der Waals surface area contributed by atoms with Gasteiger partial charge < -0.3 is 9.80 Å². The van der Waals surface area contributed by atoms with Crippen LogP contribution in [-0.2, 0) is 0 Å². The minimum Gasteiger partial charge on any atom is -0.368 e. The average Bonchev–Trinajstić information content (AvgIpc) is 2.55. The molecule has 1 saturated heterocycles. The Morgan fingerprint density at radius 2 is 1.68 bits per heavy atom. The minimum absolute atomic E-state index is 0.0845. The molecule has 0 N–H and O–H groups in total. The first-order valence-electron chi connectivity index (χ1n) is 7.04. The molecule has 0 bridgehead atoms. The largest absolute Gasteiger partial charge is 0.368 e. The summed E-state index contributed by atoms with van der Waals surface area (Å²) in [6, 6.07) is 6.86. The number of anilines is 1. The lowest BCUT2D eigenvalue weighted by Gasteiger charge is -2.36. The summed E-state index contributed by atoms with van der Waals surface area (Å²) in [5, 5.41) is 0. The molecule has 22 heavy (non-hydrogen) atoms. The molecule has 0 saturated carbocycles. The number of rotatable bonds is 2. The lowest BCUT2D eigenvalue weighted by Crippen LogP contribution is -2.49. The fourth-order valence-electron chi connectivity index (χ4n) is 2.56. The number of piperazine rings is 1. The van der Waals surface area contributed by atoms with Crippen molar-refractivity contribution in [3.63, 3.8) is 0 Å². The maximum atomic E-state index is 13.7. The summed E-state index contributed by atoms with van der Waals surface area (Å²) in [4.78, 5) is 20.0. The molecular weight excluding hydrogens is 288 g/mol. The van der Waals surface area contributed by atoms with Crippen molar-refractivity contribution in [2.24, 2.45) is 0 Å². The Morgan fingerprint density at radius 3 is 2.32 bits per heavy atom. The van der Waals surface area contributed by atoms with E-state index in [0.717, 1.165) is 17.8 Å². The second kappa shape index (κ2) is 6.09. The summed E-state index contributed by atoms with van der Waals surface area (Å²) in [5.74, 6) is -1.90. The highest BCUT2D eigenvalue weighted by atomic mass is 19.1. The van der Waals surface area contributed by atoms with Gasteiger partial charge in [0.25, 0.3) is 5.91 Å². The van der Waals surface area contributed by atoms with Crippen LogP contribution in [0.1, 0.15) is 10.4 Å². The first kappa shape index (κ1) is 14.4. The van der Waals surface area contributed by atoms with Crippen LogP contribution in [0.5, 0.6) is 0 Å². The van der Waals surface area contributed by atoms with Gasteiger partial charge in [0.05, 0.1) is 5.56 Å². The summed E-state index contributed by atoms with van der Waals surface area (Å²) in [7, 11) is 0. The van der Waals surface area contributed by atoms with Gasteiger partial charge in [0.2, 0.25) is 0 Å². The topological polar surface area (TPSA) is 36.4 Å². The van der Waals surface area contributed by atoms with Crippen LogP contribution in [0.25, 0.3) is 0 Å². The maximum absolute atomic E-state index is 13.7. The molecule has 6 heteroatoms. The van der Waals surface area contributed by atoms with Gasteiger partial charge in [-0.2, -0.15) is 0 Å². The highest BCUT2D eigenvalue weighted by molar-refractivity contribution is 5.94. The molecular formula is C16H15F2N3O. The van der Waals surface area contributed by atoms with Crippen molar-refractivity contribution in [2.75, 3.05) is 31.1 Å². The molecule has 1 aromatic heterocycles. The van der Waals surface area contributed by atoms with E-state index in [0.29, 0.717) is 26.2 Å². The molecule has 1 aliphatic rings. The predicted molar refractivity (Wildman–Crippen MR) is 78.7 cm³/mol. The number of aromatic nitrogens is 1. The van der Waals surface area contributed by atoms with E-state index in [1.807, 2.05) is 12.1 Å². The van der Waals surface area contributed by atoms with Gasteiger partial charge in [-0.25, -0.2) is 8.78 Å². The van der Waals surface area contributed by atoms with Gasteiger partial charge in [0, 0.05) is 50.3 Å². The van der Waals surface area contributed by atoms with Gasteiger partial charge in [-0.15, -0.1) is 0 Å². The molecule has 0 atom stereocenters. The number of amides is 1. The molecule has 1 amide bonds. The smallest absolute Gasteiger partial charge is 0.256 e. The van der Waals surface area contributed by atoms with Crippen LogP contribution in [0, 0.1) is 11.6 Å². The molecule has 2 aromatic rings. The van der Waals surface area contributed by atoms with Crippen LogP contribution < -0.4 is 4.90 Å². The quantitative estimate of drug-likeness (QED) is 0.854. The SMILES string of the molecule is O=C(c1ccc(F)cc1F)N1CCN(c2ccncc2)CC1. The maximum Gasteiger partial charge on any atom is 0.256 e. The zero-order valence-corrected chi connectivity index (χ0v) is 11.9. The summed E-state index contributed by atoms with van der Waals surface area (Å²) >= 11 is 0. The fourth-order valence-corrected chi connectivity index (χ4v) is 2.56. The zero-order valence-electron chi connectivity index (χ0n) is 11.9. The van der Waals surface area contributed by atoms with E-state index in [1.54, 1.807) is 17.3 Å². The molecule has 1 aliphatic heterocycles. The Morgan fingerprint density at radius 1 is 1.00 bits per heavy atom. The van der Waals surface area contributed by atoms with Crippen molar-refractivity contribution in [3.8, 4) is 0 Å². The van der Waals surface area contributed by atoms with E-state index in [1.165, 1.54) is 6.07 Å². The van der Waals surface area contributed by atoms with Gasteiger partial charge in [0.15, 0.2) is 0 Å². The van der Waals surface area contributed by atoms with Gasteiger partial charge in [0.1, 0.15) is 11.6 Å². The zero-order chi connectivity index (χ0) is 15.5. The molecule has 0 aliphatic carbocycles. The Labute approximate surface area is 127 Å². The van der Waals surface area contributed by atoms with Crippen LogP contribution >= 0.6 is 0 Å². The molecule has 1 aromatic carbocycles. The van der Waals surface area contributed by atoms with Crippen molar-refractivity contribution < 1.29 is 13.6 Å². The number of carbonyl (C=O) groups excluding carboxylic acids is 1. The third-order valence-corrected chi connectivity index (χ3v) is 3.76. The summed E-state index contributed by atoms with van der Waals surface area (Å²) < 4.78 is 26.6. The fraction of sp³-hybridized carbons (Fsp3) is 0.250. The first-order chi connectivity index (χ1) is 10.6. The summed E-state index contributed by atoms with van der Waals surface area (Å²) in [6.45, 7) is 2.33. The number of benzene rings is 1. The molecule has 3 rings (SSSR count). The van der Waals surface area contributed by atoms with Crippen molar-refractivity contribution >= 4 is 11.6 Å². The minimum atomic E-state index is -0.818. The Kier molecular flexibility index (Phi) is 4.00. The second-order valence-corrected chi connectivity index (χ2v) is 5.11. The molecule has 0 spiro atoms. The number of hydrogen-bond donors (Lipinski definition) is 0. The first-order valence-corrected chi connectivity index (χ1v) is 7.04. The number of pyridine rings is 1. The van der Waals surface area contributed by atoms with Crippen LogP contribution in [0.2, 0.25) is 0 Å². The highest BCUT2D eigenvalue weighted by Crippen LogP contribution is 2.17. The van der Waals surface area contributed by atoms with Crippen LogP contribution in [0.4, 0.5) is 14.5 Å². The number of carbonyl (C=O) groups is 1. The standard InChI is InChI=1S/C16H15F2N3O/c17-12-1-2-14(15(18)11-12)16(22)21-9-7-20(8-10-21)13-3-5-19-6-4-13/h1-6,11H,7-10H2.